The Labute approximate surface area is 197 Å². The van der Waals surface area contributed by atoms with E-state index < -0.39 is 11.8 Å². The van der Waals surface area contributed by atoms with Gasteiger partial charge in [0.15, 0.2) is 11.5 Å². The van der Waals surface area contributed by atoms with Crippen LogP contribution in [0.25, 0.3) is 0 Å². The first-order valence-corrected chi connectivity index (χ1v) is 11.0. The molecule has 2 N–H and O–H groups in total. The molecule has 3 amide bonds. The number of likely N-dealkylation sites (tertiary alicyclic amines) is 1. The maximum Gasteiger partial charge on any atom is 0.273 e. The Balaban J connectivity index is 1.36. The number of ether oxygens (including phenoxy) is 1. The van der Waals surface area contributed by atoms with Gasteiger partial charge in [0.2, 0.25) is 0 Å². The van der Waals surface area contributed by atoms with Crippen LogP contribution >= 0.6 is 0 Å². The molecule has 9 nitrogen and oxygen atoms in total. The van der Waals surface area contributed by atoms with Crippen LogP contribution in [0.2, 0.25) is 0 Å². The van der Waals surface area contributed by atoms with Gasteiger partial charge < -0.3 is 20.3 Å². The first-order chi connectivity index (χ1) is 16.5. The molecule has 0 aliphatic carbocycles. The minimum Gasteiger partial charge on any atom is -0.497 e. The summed E-state index contributed by atoms with van der Waals surface area (Å²) in [4.78, 5) is 48.2. The average molecular weight is 460 g/mol. The lowest BCUT2D eigenvalue weighted by atomic mass is 10.0. The van der Waals surface area contributed by atoms with Gasteiger partial charge in [-0.3, -0.25) is 14.4 Å². The van der Waals surface area contributed by atoms with Crippen LogP contribution in [0.1, 0.15) is 44.0 Å². The van der Waals surface area contributed by atoms with Crippen LogP contribution in [-0.2, 0) is 0 Å². The van der Waals surface area contributed by atoms with E-state index in [1.54, 1.807) is 48.4 Å². The number of benzene rings is 2. The maximum absolute atomic E-state index is 12.9. The highest BCUT2D eigenvalue weighted by molar-refractivity contribution is 6.07. The average Bonchev–Trinajstić information content (AvgIpc) is 2.89. The van der Waals surface area contributed by atoms with E-state index in [2.05, 4.69) is 20.6 Å². The molecule has 0 spiro atoms. The third-order valence-corrected chi connectivity index (χ3v) is 5.64. The number of aromatic nitrogens is 2. The van der Waals surface area contributed by atoms with Crippen molar-refractivity contribution in [2.24, 2.45) is 0 Å². The fourth-order valence-corrected chi connectivity index (χ4v) is 3.76. The van der Waals surface area contributed by atoms with Crippen LogP contribution in [0.4, 0.5) is 5.82 Å². The summed E-state index contributed by atoms with van der Waals surface area (Å²) in [7, 11) is 1.55. The summed E-state index contributed by atoms with van der Waals surface area (Å²) in [5, 5.41) is 5.61. The Morgan fingerprint density at radius 1 is 0.882 bits per heavy atom. The number of nitrogens with zero attached hydrogens (tertiary/aromatic N) is 3. The summed E-state index contributed by atoms with van der Waals surface area (Å²) < 4.78 is 5.10. The highest BCUT2D eigenvalue weighted by atomic mass is 16.5. The molecule has 0 radical (unpaired) electrons. The number of amides is 3. The van der Waals surface area contributed by atoms with Gasteiger partial charge in [0.05, 0.1) is 7.11 Å². The van der Waals surface area contributed by atoms with Crippen molar-refractivity contribution < 1.29 is 19.1 Å². The topological polar surface area (TPSA) is 114 Å². The van der Waals surface area contributed by atoms with Crippen molar-refractivity contribution >= 4 is 23.5 Å². The Hall–Kier alpha value is -4.27. The molecule has 0 saturated carbocycles. The van der Waals surface area contributed by atoms with Crippen molar-refractivity contribution in [3.63, 3.8) is 0 Å². The molecule has 174 valence electrons. The smallest absolute Gasteiger partial charge is 0.273 e. The van der Waals surface area contributed by atoms with Crippen molar-refractivity contribution in [3.05, 3.63) is 83.8 Å². The van der Waals surface area contributed by atoms with Gasteiger partial charge in [0.25, 0.3) is 17.7 Å². The predicted octanol–water partition coefficient (Wildman–Crippen LogP) is 2.77. The van der Waals surface area contributed by atoms with E-state index in [0.29, 0.717) is 42.8 Å². The van der Waals surface area contributed by atoms with Crippen LogP contribution < -0.4 is 15.4 Å². The first-order valence-electron chi connectivity index (χ1n) is 11.0. The van der Waals surface area contributed by atoms with Gasteiger partial charge in [0.1, 0.15) is 5.75 Å². The second-order valence-electron chi connectivity index (χ2n) is 7.84. The molecule has 1 saturated heterocycles. The van der Waals surface area contributed by atoms with Gasteiger partial charge in [-0.2, -0.15) is 0 Å². The fourth-order valence-electron chi connectivity index (χ4n) is 3.76. The van der Waals surface area contributed by atoms with E-state index in [1.807, 2.05) is 18.2 Å². The summed E-state index contributed by atoms with van der Waals surface area (Å²) in [5.74, 6) is -0.135. The van der Waals surface area contributed by atoms with E-state index in [1.165, 1.54) is 12.4 Å². The molecule has 0 unspecified atom stereocenters. The second kappa shape index (κ2) is 10.6. The Morgan fingerprint density at radius 2 is 1.56 bits per heavy atom. The van der Waals surface area contributed by atoms with E-state index in [9.17, 15) is 14.4 Å². The lowest BCUT2D eigenvalue weighted by molar-refractivity contribution is 0.0697. The van der Waals surface area contributed by atoms with Crippen molar-refractivity contribution in [3.8, 4) is 5.75 Å². The number of hydrogen-bond acceptors (Lipinski definition) is 6. The van der Waals surface area contributed by atoms with Gasteiger partial charge in [-0.25, -0.2) is 9.97 Å². The zero-order valence-corrected chi connectivity index (χ0v) is 18.7. The molecule has 3 aromatic rings. The summed E-state index contributed by atoms with van der Waals surface area (Å²) in [6, 6.07) is 15.6. The summed E-state index contributed by atoms with van der Waals surface area (Å²) in [6.45, 7) is 1.08. The van der Waals surface area contributed by atoms with Crippen molar-refractivity contribution in [1.82, 2.24) is 20.2 Å². The van der Waals surface area contributed by atoms with Gasteiger partial charge >= 0.3 is 0 Å². The molecular formula is C25H25N5O4. The van der Waals surface area contributed by atoms with Gasteiger partial charge in [-0.1, -0.05) is 18.2 Å². The summed E-state index contributed by atoms with van der Waals surface area (Å²) in [6.07, 6.45) is 4.06. The molecule has 1 aliphatic heterocycles. The lowest BCUT2D eigenvalue weighted by Crippen LogP contribution is -2.46. The van der Waals surface area contributed by atoms with Crippen LogP contribution in [0.3, 0.4) is 0 Å². The first kappa shape index (κ1) is 22.9. The predicted molar refractivity (Wildman–Crippen MR) is 126 cm³/mol. The number of piperidine rings is 1. The Kier molecular flexibility index (Phi) is 7.12. The number of hydrogen-bond donors (Lipinski definition) is 2. The molecule has 2 heterocycles. The molecule has 1 aromatic heterocycles. The number of nitrogens with one attached hydrogen (secondary N) is 2. The van der Waals surface area contributed by atoms with E-state index in [-0.39, 0.29) is 23.5 Å². The maximum atomic E-state index is 12.9. The minimum absolute atomic E-state index is 0.0113. The van der Waals surface area contributed by atoms with Crippen molar-refractivity contribution in [2.75, 3.05) is 25.5 Å². The molecule has 4 rings (SSSR count). The van der Waals surface area contributed by atoms with Gasteiger partial charge in [-0.05, 0) is 49.2 Å². The van der Waals surface area contributed by atoms with Crippen molar-refractivity contribution in [1.29, 1.82) is 0 Å². The number of carbonyl (C=O) groups excluding carboxylic acids is 3. The minimum atomic E-state index is -0.425. The molecule has 9 heteroatoms. The Bertz CT molecular complexity index is 1160. The number of carbonyl (C=O) groups is 3. The van der Waals surface area contributed by atoms with Crippen LogP contribution in [0, 0.1) is 0 Å². The fraction of sp³-hybridized carbons (Fsp3) is 0.240. The monoisotopic (exact) mass is 459 g/mol. The molecule has 0 bridgehead atoms. The highest BCUT2D eigenvalue weighted by Gasteiger charge is 2.26. The molecule has 2 aromatic carbocycles. The van der Waals surface area contributed by atoms with Crippen LogP contribution in [0.5, 0.6) is 5.75 Å². The molecule has 34 heavy (non-hydrogen) atoms. The number of rotatable bonds is 6. The van der Waals surface area contributed by atoms with E-state index in [4.69, 9.17) is 4.74 Å². The highest BCUT2D eigenvalue weighted by Crippen LogP contribution is 2.17. The zero-order valence-electron chi connectivity index (χ0n) is 18.7. The normalized spacial score (nSPS) is 13.7. The quantitative estimate of drug-likeness (QED) is 0.586. The van der Waals surface area contributed by atoms with E-state index >= 15 is 0 Å². The summed E-state index contributed by atoms with van der Waals surface area (Å²) >= 11 is 0. The van der Waals surface area contributed by atoms with Crippen LogP contribution in [-0.4, -0.2) is 58.8 Å². The SMILES string of the molecule is COc1ccc(C(=O)Nc2nccnc2C(=O)NC2CCN(C(=O)c3ccccc3)CC2)cc1. The molecule has 0 atom stereocenters. The lowest BCUT2D eigenvalue weighted by Gasteiger charge is -2.32. The second-order valence-corrected chi connectivity index (χ2v) is 7.84. The molecular weight excluding hydrogens is 434 g/mol. The Morgan fingerprint density at radius 3 is 2.24 bits per heavy atom. The number of anilines is 1. The summed E-state index contributed by atoms with van der Waals surface area (Å²) in [5.41, 5.74) is 1.09. The van der Waals surface area contributed by atoms with Gasteiger partial charge in [-0.15, -0.1) is 0 Å². The van der Waals surface area contributed by atoms with Crippen molar-refractivity contribution in [2.45, 2.75) is 18.9 Å². The molecule has 1 aliphatic rings. The molecule has 1 fully saturated rings. The third kappa shape index (κ3) is 5.37. The largest absolute Gasteiger partial charge is 0.497 e. The third-order valence-electron chi connectivity index (χ3n) is 5.64. The van der Waals surface area contributed by atoms with E-state index in [0.717, 1.165) is 0 Å². The van der Waals surface area contributed by atoms with Crippen LogP contribution in [0.15, 0.2) is 67.0 Å². The zero-order chi connectivity index (χ0) is 23.9. The standard InChI is InChI=1S/C25H25N5O4/c1-34-20-9-7-17(8-10-20)23(31)29-22-21(26-13-14-27-22)24(32)28-19-11-15-30(16-12-19)25(33)18-5-3-2-4-6-18/h2-10,13-14,19H,11-12,15-16H2,1H3,(H,28,32)(H,27,29,31). The number of methoxy groups -OCH3 is 1. The van der Waals surface area contributed by atoms with Gasteiger partial charge in [0, 0.05) is 42.7 Å².